The molecule has 0 aliphatic carbocycles. The summed E-state index contributed by atoms with van der Waals surface area (Å²) in [6.07, 6.45) is -0.122. The fourth-order valence-corrected chi connectivity index (χ4v) is 2.94. The minimum Gasteiger partial charge on any atom is -0.455 e. The minimum atomic E-state index is -0.787. The van der Waals surface area contributed by atoms with Gasteiger partial charge in [0.25, 0.3) is 5.91 Å². The summed E-state index contributed by atoms with van der Waals surface area (Å²) in [4.78, 5) is 48.5. The maximum atomic E-state index is 13.9. The van der Waals surface area contributed by atoms with E-state index in [0.717, 1.165) is 0 Å². The van der Waals surface area contributed by atoms with Gasteiger partial charge in [0.05, 0.1) is 11.6 Å². The van der Waals surface area contributed by atoms with Crippen molar-refractivity contribution in [3.05, 3.63) is 59.9 Å². The summed E-state index contributed by atoms with van der Waals surface area (Å²) >= 11 is 0. The van der Waals surface area contributed by atoms with E-state index >= 15 is 0 Å². The van der Waals surface area contributed by atoms with Crippen LogP contribution in [0.3, 0.4) is 0 Å². The van der Waals surface area contributed by atoms with Crippen molar-refractivity contribution in [2.75, 3.05) is 23.4 Å². The molecule has 0 radical (unpaired) electrons. The second-order valence-corrected chi connectivity index (χ2v) is 6.45. The topological polar surface area (TPSA) is 119 Å². The Kier molecular flexibility index (Phi) is 5.87. The second kappa shape index (κ2) is 8.51. The van der Waals surface area contributed by atoms with Crippen molar-refractivity contribution in [2.24, 2.45) is 11.7 Å². The zero-order valence-corrected chi connectivity index (χ0v) is 15.3. The van der Waals surface area contributed by atoms with E-state index in [0.29, 0.717) is 11.3 Å². The molecular weight excluding hydrogens is 381 g/mol. The van der Waals surface area contributed by atoms with Crippen LogP contribution in [-0.4, -0.2) is 36.8 Å². The predicted molar refractivity (Wildman–Crippen MR) is 101 cm³/mol. The maximum absolute atomic E-state index is 13.9. The van der Waals surface area contributed by atoms with Crippen LogP contribution in [0, 0.1) is 11.7 Å². The van der Waals surface area contributed by atoms with Crippen molar-refractivity contribution in [1.82, 2.24) is 0 Å². The first-order valence-corrected chi connectivity index (χ1v) is 8.76. The number of hydrogen-bond acceptors (Lipinski definition) is 5. The SMILES string of the molecule is NC(=O)c1ccc(NC(=O)COC(=O)[C@H]2CC(=O)N(c3ccccc3F)C2)cc1. The lowest BCUT2D eigenvalue weighted by atomic mass is 10.1. The second-order valence-electron chi connectivity index (χ2n) is 6.45. The van der Waals surface area contributed by atoms with Crippen LogP contribution < -0.4 is 16.0 Å². The summed E-state index contributed by atoms with van der Waals surface area (Å²) < 4.78 is 18.9. The van der Waals surface area contributed by atoms with Crippen LogP contribution in [0.4, 0.5) is 15.8 Å². The first-order chi connectivity index (χ1) is 13.8. The number of hydrogen-bond donors (Lipinski definition) is 2. The molecule has 3 rings (SSSR count). The van der Waals surface area contributed by atoms with E-state index in [1.54, 1.807) is 6.07 Å². The molecule has 1 aliphatic heterocycles. The summed E-state index contributed by atoms with van der Waals surface area (Å²) in [5.74, 6) is -3.62. The van der Waals surface area contributed by atoms with Crippen LogP contribution in [0.1, 0.15) is 16.8 Å². The van der Waals surface area contributed by atoms with E-state index < -0.39 is 42.0 Å². The van der Waals surface area contributed by atoms with Crippen LogP contribution in [-0.2, 0) is 19.1 Å². The number of carbonyl (C=O) groups is 4. The average molecular weight is 399 g/mol. The van der Waals surface area contributed by atoms with Gasteiger partial charge >= 0.3 is 5.97 Å². The number of ether oxygens (including phenoxy) is 1. The predicted octanol–water partition coefficient (Wildman–Crippen LogP) is 1.46. The molecule has 3 N–H and O–H groups in total. The quantitative estimate of drug-likeness (QED) is 0.713. The van der Waals surface area contributed by atoms with Gasteiger partial charge in [0.2, 0.25) is 11.8 Å². The number of nitrogens with one attached hydrogen (secondary N) is 1. The number of nitrogens with two attached hydrogens (primary N) is 1. The number of halogens is 1. The van der Waals surface area contributed by atoms with Gasteiger partial charge in [-0.05, 0) is 36.4 Å². The molecule has 0 aromatic heterocycles. The van der Waals surface area contributed by atoms with E-state index in [-0.39, 0.29) is 18.7 Å². The Bertz CT molecular complexity index is 961. The average Bonchev–Trinajstić information content (AvgIpc) is 3.08. The summed E-state index contributed by atoms with van der Waals surface area (Å²) in [6.45, 7) is -0.560. The monoisotopic (exact) mass is 399 g/mol. The lowest BCUT2D eigenvalue weighted by molar-refractivity contribution is -0.151. The molecule has 1 aliphatic rings. The summed E-state index contributed by atoms with van der Waals surface area (Å²) in [6, 6.07) is 11.7. The normalized spacial score (nSPS) is 15.8. The van der Waals surface area contributed by atoms with Crippen molar-refractivity contribution >= 4 is 35.1 Å². The summed E-state index contributed by atoms with van der Waals surface area (Å²) in [5, 5.41) is 2.51. The molecule has 1 heterocycles. The Morgan fingerprint density at radius 2 is 1.83 bits per heavy atom. The molecule has 8 nitrogen and oxygen atoms in total. The first kappa shape index (κ1) is 20.0. The highest BCUT2D eigenvalue weighted by atomic mass is 19.1. The Balaban J connectivity index is 1.51. The molecule has 0 bridgehead atoms. The molecule has 0 unspecified atom stereocenters. The zero-order chi connectivity index (χ0) is 21.0. The molecule has 150 valence electrons. The number of esters is 1. The maximum Gasteiger partial charge on any atom is 0.311 e. The van der Waals surface area contributed by atoms with E-state index in [1.807, 2.05) is 0 Å². The third-order valence-corrected chi connectivity index (χ3v) is 4.40. The van der Waals surface area contributed by atoms with Gasteiger partial charge in [0.15, 0.2) is 6.61 Å². The molecule has 0 spiro atoms. The van der Waals surface area contributed by atoms with Crippen LogP contribution in [0.15, 0.2) is 48.5 Å². The standard InChI is InChI=1S/C20H18FN3O5/c21-15-3-1-2-4-16(15)24-10-13(9-18(24)26)20(28)29-11-17(25)23-14-7-5-12(6-8-14)19(22)27/h1-8,13H,9-11H2,(H2,22,27)(H,23,25)/t13-/m0/s1. The van der Waals surface area contributed by atoms with E-state index in [4.69, 9.17) is 10.5 Å². The highest BCUT2D eigenvalue weighted by molar-refractivity contribution is 6.00. The third-order valence-electron chi connectivity index (χ3n) is 4.40. The molecule has 1 saturated heterocycles. The van der Waals surface area contributed by atoms with Crippen molar-refractivity contribution in [2.45, 2.75) is 6.42 Å². The Hall–Kier alpha value is -3.75. The largest absolute Gasteiger partial charge is 0.455 e. The summed E-state index contributed by atoms with van der Waals surface area (Å²) in [5.41, 5.74) is 5.93. The molecule has 9 heteroatoms. The molecule has 1 fully saturated rings. The summed E-state index contributed by atoms with van der Waals surface area (Å²) in [7, 11) is 0. The zero-order valence-electron chi connectivity index (χ0n) is 15.3. The van der Waals surface area contributed by atoms with Gasteiger partial charge in [0, 0.05) is 24.2 Å². The number of carbonyl (C=O) groups excluding carboxylic acids is 4. The van der Waals surface area contributed by atoms with E-state index in [1.165, 1.54) is 47.4 Å². The fraction of sp³-hybridized carbons (Fsp3) is 0.200. The van der Waals surface area contributed by atoms with Crippen LogP contribution in [0.5, 0.6) is 0 Å². The number of anilines is 2. The molecule has 3 amide bonds. The van der Waals surface area contributed by atoms with Gasteiger partial charge in [-0.1, -0.05) is 12.1 Å². The van der Waals surface area contributed by atoms with Gasteiger partial charge in [-0.25, -0.2) is 4.39 Å². The Morgan fingerprint density at radius 3 is 2.48 bits per heavy atom. The Morgan fingerprint density at radius 1 is 1.14 bits per heavy atom. The number of benzene rings is 2. The molecule has 1 atom stereocenters. The van der Waals surface area contributed by atoms with Gasteiger partial charge in [-0.2, -0.15) is 0 Å². The van der Waals surface area contributed by atoms with Gasteiger partial charge in [-0.15, -0.1) is 0 Å². The number of rotatable bonds is 6. The lowest BCUT2D eigenvalue weighted by Crippen LogP contribution is -2.28. The minimum absolute atomic E-state index is 0.0190. The third kappa shape index (κ3) is 4.75. The highest BCUT2D eigenvalue weighted by Gasteiger charge is 2.37. The van der Waals surface area contributed by atoms with Crippen LogP contribution in [0.25, 0.3) is 0 Å². The highest BCUT2D eigenvalue weighted by Crippen LogP contribution is 2.27. The fourth-order valence-electron chi connectivity index (χ4n) is 2.94. The van der Waals surface area contributed by atoms with Crippen molar-refractivity contribution < 1.29 is 28.3 Å². The van der Waals surface area contributed by atoms with Crippen LogP contribution in [0.2, 0.25) is 0 Å². The van der Waals surface area contributed by atoms with Gasteiger partial charge in [-0.3, -0.25) is 19.2 Å². The number of nitrogens with zero attached hydrogens (tertiary/aromatic N) is 1. The van der Waals surface area contributed by atoms with Crippen molar-refractivity contribution in [1.29, 1.82) is 0 Å². The molecule has 29 heavy (non-hydrogen) atoms. The molecule has 2 aromatic carbocycles. The van der Waals surface area contributed by atoms with Gasteiger partial charge < -0.3 is 20.7 Å². The van der Waals surface area contributed by atoms with Crippen LogP contribution >= 0.6 is 0 Å². The van der Waals surface area contributed by atoms with E-state index in [9.17, 15) is 23.6 Å². The number of primary amides is 1. The number of para-hydroxylation sites is 1. The Labute approximate surface area is 165 Å². The molecule has 2 aromatic rings. The van der Waals surface area contributed by atoms with E-state index in [2.05, 4.69) is 5.32 Å². The smallest absolute Gasteiger partial charge is 0.311 e. The first-order valence-electron chi connectivity index (χ1n) is 8.76. The van der Waals surface area contributed by atoms with Crippen molar-refractivity contribution in [3.63, 3.8) is 0 Å². The molecule has 0 saturated carbocycles. The van der Waals surface area contributed by atoms with Gasteiger partial charge in [0.1, 0.15) is 5.82 Å². The van der Waals surface area contributed by atoms with Crippen molar-refractivity contribution in [3.8, 4) is 0 Å². The lowest BCUT2D eigenvalue weighted by Gasteiger charge is -2.17. The number of amides is 3. The molecular formula is C20H18FN3O5.